The molecule has 0 saturated carbocycles. The van der Waals surface area contributed by atoms with Crippen LogP contribution in [0, 0.1) is 0 Å². The Hall–Kier alpha value is -4.00. The molecule has 1 atom stereocenters. The van der Waals surface area contributed by atoms with Gasteiger partial charge in [0.05, 0.1) is 16.8 Å². The fourth-order valence-electron chi connectivity index (χ4n) is 3.54. The third kappa shape index (κ3) is 4.30. The molecule has 3 N–H and O–H groups in total. The molecule has 0 aliphatic carbocycles. The minimum atomic E-state index is -0.127. The van der Waals surface area contributed by atoms with Crippen molar-refractivity contribution in [2.45, 2.75) is 12.8 Å². The summed E-state index contributed by atoms with van der Waals surface area (Å²) in [5.74, 6) is 0.929. The zero-order valence-electron chi connectivity index (χ0n) is 17.3. The van der Waals surface area contributed by atoms with Crippen LogP contribution in [0.5, 0.6) is 5.75 Å². The Morgan fingerprint density at radius 2 is 1.87 bits per heavy atom. The van der Waals surface area contributed by atoms with Gasteiger partial charge in [0.25, 0.3) is 5.91 Å². The van der Waals surface area contributed by atoms with Crippen LogP contribution >= 0.6 is 0 Å². The zero-order valence-corrected chi connectivity index (χ0v) is 17.3. The third-order valence-electron chi connectivity index (χ3n) is 5.22. The predicted octanol–water partition coefficient (Wildman–Crippen LogP) is 3.97. The molecule has 7 heteroatoms. The Morgan fingerprint density at radius 3 is 2.65 bits per heavy atom. The van der Waals surface area contributed by atoms with Crippen LogP contribution in [0.4, 0.5) is 5.82 Å². The molecule has 0 saturated heterocycles. The number of pyridine rings is 1. The first-order valence-electron chi connectivity index (χ1n) is 10.0. The van der Waals surface area contributed by atoms with E-state index in [0.29, 0.717) is 17.9 Å². The van der Waals surface area contributed by atoms with E-state index in [-0.39, 0.29) is 17.6 Å². The number of carbonyl (C=O) groups excluding carboxylic acids is 1. The average molecular weight is 413 g/mol. The number of nitrogens with zero attached hydrogens (tertiary/aromatic N) is 3. The minimum Gasteiger partial charge on any atom is -0.508 e. The van der Waals surface area contributed by atoms with Crippen LogP contribution in [-0.4, -0.2) is 39.6 Å². The highest BCUT2D eigenvalue weighted by Gasteiger charge is 2.15. The summed E-state index contributed by atoms with van der Waals surface area (Å²) in [6.45, 7) is 2.75. The molecule has 0 spiro atoms. The van der Waals surface area contributed by atoms with E-state index < -0.39 is 0 Å². The number of fused-ring (bicyclic) bond motifs is 1. The average Bonchev–Trinajstić information content (AvgIpc) is 2.82. The highest BCUT2D eigenvalue weighted by molar-refractivity contribution is 6.06. The molecule has 2 heterocycles. The molecule has 0 fully saturated rings. The van der Waals surface area contributed by atoms with Crippen molar-refractivity contribution in [1.82, 2.24) is 20.3 Å². The van der Waals surface area contributed by atoms with Gasteiger partial charge in [-0.15, -0.1) is 0 Å². The lowest BCUT2D eigenvalue weighted by Crippen LogP contribution is -2.18. The van der Waals surface area contributed by atoms with Crippen molar-refractivity contribution in [1.29, 1.82) is 0 Å². The first-order chi connectivity index (χ1) is 15.1. The molecule has 0 aliphatic heterocycles. The van der Waals surface area contributed by atoms with E-state index in [9.17, 15) is 9.90 Å². The number of benzene rings is 2. The number of amides is 1. The number of nitrogens with one attached hydrogen (secondary N) is 2. The molecule has 0 radical (unpaired) electrons. The number of hydrogen-bond donors (Lipinski definition) is 3. The quantitative estimate of drug-likeness (QED) is 0.442. The third-order valence-corrected chi connectivity index (χ3v) is 5.22. The van der Waals surface area contributed by atoms with Gasteiger partial charge in [0.1, 0.15) is 17.9 Å². The molecule has 0 unspecified atom stereocenters. The normalized spacial score (nSPS) is 11.8. The maximum atomic E-state index is 12.2. The topological polar surface area (TPSA) is 100 Å². The van der Waals surface area contributed by atoms with Crippen molar-refractivity contribution in [2.75, 3.05) is 18.9 Å². The molecule has 1 amide bonds. The molecule has 0 bridgehead atoms. The Balaban J connectivity index is 1.55. The molecule has 156 valence electrons. The van der Waals surface area contributed by atoms with Gasteiger partial charge >= 0.3 is 0 Å². The molecule has 4 aromatic rings. The molecule has 31 heavy (non-hydrogen) atoms. The fraction of sp³-hybridized carbons (Fsp3) is 0.167. The van der Waals surface area contributed by atoms with Crippen molar-refractivity contribution in [3.63, 3.8) is 0 Å². The lowest BCUT2D eigenvalue weighted by atomic mass is 9.96. The van der Waals surface area contributed by atoms with E-state index in [1.807, 2.05) is 36.4 Å². The molecule has 7 nitrogen and oxygen atoms in total. The van der Waals surface area contributed by atoms with Gasteiger partial charge in [0, 0.05) is 42.7 Å². The van der Waals surface area contributed by atoms with Crippen molar-refractivity contribution in [3.05, 3.63) is 78.2 Å². The van der Waals surface area contributed by atoms with Crippen LogP contribution in [0.1, 0.15) is 28.8 Å². The number of phenols is 1. The number of carbonyl (C=O) groups is 1. The standard InChI is InChI=1S/C24H23N5O2/c1-15(18-4-3-5-19-20(24(31)25-2)10-11-26-23(18)19)13-27-22-12-21(28-14-29-22)16-6-8-17(30)9-7-16/h3-12,14-15,30H,13H2,1-2H3,(H,25,31)(H,27,28,29)/t15-/m1/s1. The monoisotopic (exact) mass is 413 g/mol. The predicted molar refractivity (Wildman–Crippen MR) is 121 cm³/mol. The van der Waals surface area contributed by atoms with Crippen molar-refractivity contribution in [3.8, 4) is 17.0 Å². The van der Waals surface area contributed by atoms with E-state index >= 15 is 0 Å². The van der Waals surface area contributed by atoms with Gasteiger partial charge in [0.2, 0.25) is 0 Å². The van der Waals surface area contributed by atoms with E-state index in [2.05, 4.69) is 32.5 Å². The van der Waals surface area contributed by atoms with Crippen LogP contribution in [-0.2, 0) is 0 Å². The molecule has 4 rings (SSSR count). The van der Waals surface area contributed by atoms with Gasteiger partial charge in [0.15, 0.2) is 0 Å². The SMILES string of the molecule is CNC(=O)c1ccnc2c([C@H](C)CNc3cc(-c4ccc(O)cc4)ncn3)cccc12. The van der Waals surface area contributed by atoms with Gasteiger partial charge in [-0.3, -0.25) is 9.78 Å². The Bertz CT molecular complexity index is 1220. The summed E-state index contributed by atoms with van der Waals surface area (Å²) in [5.41, 5.74) is 4.17. The van der Waals surface area contributed by atoms with E-state index in [1.165, 1.54) is 6.33 Å². The molecule has 0 aliphatic rings. The number of hydrogen-bond acceptors (Lipinski definition) is 6. The Kier molecular flexibility index (Phi) is 5.75. The smallest absolute Gasteiger partial charge is 0.251 e. The number of para-hydroxylation sites is 1. The summed E-state index contributed by atoms with van der Waals surface area (Å²) >= 11 is 0. The number of aromatic hydroxyl groups is 1. The van der Waals surface area contributed by atoms with Gasteiger partial charge in [-0.25, -0.2) is 9.97 Å². The van der Waals surface area contributed by atoms with Crippen LogP contribution < -0.4 is 10.6 Å². The number of anilines is 1. The molecule has 2 aromatic carbocycles. The summed E-state index contributed by atoms with van der Waals surface area (Å²) in [7, 11) is 1.62. The van der Waals surface area contributed by atoms with Gasteiger partial charge < -0.3 is 15.7 Å². The number of aromatic nitrogens is 3. The lowest BCUT2D eigenvalue weighted by molar-refractivity contribution is 0.0964. The Labute approximate surface area is 180 Å². The highest BCUT2D eigenvalue weighted by Crippen LogP contribution is 2.27. The van der Waals surface area contributed by atoms with E-state index in [0.717, 1.165) is 27.7 Å². The Morgan fingerprint density at radius 1 is 1.06 bits per heavy atom. The van der Waals surface area contributed by atoms with Crippen LogP contribution in [0.3, 0.4) is 0 Å². The first kappa shape index (κ1) is 20.3. The van der Waals surface area contributed by atoms with Crippen molar-refractivity contribution >= 4 is 22.6 Å². The summed E-state index contributed by atoms with van der Waals surface area (Å²) in [5, 5.41) is 16.4. The lowest BCUT2D eigenvalue weighted by Gasteiger charge is -2.16. The number of phenolic OH excluding ortho intramolecular Hbond substituents is 1. The maximum absolute atomic E-state index is 12.2. The van der Waals surface area contributed by atoms with E-state index in [1.54, 1.807) is 31.4 Å². The summed E-state index contributed by atoms with van der Waals surface area (Å²) in [6.07, 6.45) is 3.19. The van der Waals surface area contributed by atoms with Gasteiger partial charge in [-0.2, -0.15) is 0 Å². The molecule has 2 aromatic heterocycles. The van der Waals surface area contributed by atoms with Crippen molar-refractivity contribution < 1.29 is 9.90 Å². The fourth-order valence-corrected chi connectivity index (χ4v) is 3.54. The summed E-state index contributed by atoms with van der Waals surface area (Å²) in [4.78, 5) is 25.4. The molecular formula is C24H23N5O2. The molecular weight excluding hydrogens is 390 g/mol. The zero-order chi connectivity index (χ0) is 21.8. The number of rotatable bonds is 6. The summed E-state index contributed by atoms with van der Waals surface area (Å²) in [6, 6.07) is 16.4. The summed E-state index contributed by atoms with van der Waals surface area (Å²) < 4.78 is 0. The van der Waals surface area contributed by atoms with E-state index in [4.69, 9.17) is 0 Å². The second kappa shape index (κ2) is 8.79. The second-order valence-electron chi connectivity index (χ2n) is 7.30. The minimum absolute atomic E-state index is 0.127. The highest BCUT2D eigenvalue weighted by atomic mass is 16.3. The van der Waals surface area contributed by atoms with Crippen LogP contribution in [0.25, 0.3) is 22.2 Å². The second-order valence-corrected chi connectivity index (χ2v) is 7.30. The van der Waals surface area contributed by atoms with Crippen LogP contribution in [0.15, 0.2) is 67.1 Å². The van der Waals surface area contributed by atoms with Gasteiger partial charge in [-0.1, -0.05) is 25.1 Å². The first-order valence-corrected chi connectivity index (χ1v) is 10.0. The maximum Gasteiger partial charge on any atom is 0.251 e. The van der Waals surface area contributed by atoms with Crippen LogP contribution in [0.2, 0.25) is 0 Å². The van der Waals surface area contributed by atoms with Gasteiger partial charge in [-0.05, 0) is 35.9 Å². The van der Waals surface area contributed by atoms with Crippen molar-refractivity contribution in [2.24, 2.45) is 0 Å². The largest absolute Gasteiger partial charge is 0.508 e.